The Labute approximate surface area is 191 Å². The Hall–Kier alpha value is -3.75. The number of amides is 2. The fourth-order valence-electron chi connectivity index (χ4n) is 4.00. The van der Waals surface area contributed by atoms with Crippen molar-refractivity contribution in [3.8, 4) is 0 Å². The third-order valence-electron chi connectivity index (χ3n) is 5.86. The van der Waals surface area contributed by atoms with Crippen LogP contribution in [0.3, 0.4) is 0 Å². The maximum Gasteiger partial charge on any atom is 0.280 e. The summed E-state index contributed by atoms with van der Waals surface area (Å²) in [5.74, 6) is -0.124. The van der Waals surface area contributed by atoms with Crippen molar-refractivity contribution < 1.29 is 9.59 Å². The Morgan fingerprint density at radius 3 is 2.52 bits per heavy atom. The summed E-state index contributed by atoms with van der Waals surface area (Å²) < 4.78 is 0. The molecular weight excluding hydrogens is 420 g/mol. The van der Waals surface area contributed by atoms with E-state index in [-0.39, 0.29) is 23.6 Å². The molecule has 2 amide bonds. The number of para-hydroxylation sites is 2. The third kappa shape index (κ3) is 5.19. The van der Waals surface area contributed by atoms with Crippen molar-refractivity contribution in [3.05, 3.63) is 64.7 Å². The van der Waals surface area contributed by atoms with Crippen molar-refractivity contribution in [2.45, 2.75) is 38.8 Å². The van der Waals surface area contributed by atoms with Crippen LogP contribution in [0.4, 0.5) is 5.82 Å². The molecule has 0 spiro atoms. The van der Waals surface area contributed by atoms with Crippen LogP contribution in [0.15, 0.2) is 53.5 Å². The van der Waals surface area contributed by atoms with E-state index >= 15 is 0 Å². The summed E-state index contributed by atoms with van der Waals surface area (Å²) in [4.78, 5) is 51.5. The molecule has 3 aromatic rings. The number of anilines is 1. The number of likely N-dealkylation sites (tertiary alicyclic amines) is 1. The minimum atomic E-state index is -0.745. The Morgan fingerprint density at radius 1 is 1.09 bits per heavy atom. The van der Waals surface area contributed by atoms with Crippen LogP contribution < -0.4 is 16.2 Å². The highest BCUT2D eigenvalue weighted by Crippen LogP contribution is 2.17. The lowest BCUT2D eigenvalue weighted by Gasteiger charge is -2.35. The van der Waals surface area contributed by atoms with Crippen LogP contribution in [-0.2, 0) is 4.79 Å². The zero-order valence-corrected chi connectivity index (χ0v) is 18.7. The molecule has 1 fully saturated rings. The van der Waals surface area contributed by atoms with E-state index in [2.05, 4.69) is 25.6 Å². The van der Waals surface area contributed by atoms with E-state index < -0.39 is 17.5 Å². The highest BCUT2D eigenvalue weighted by atomic mass is 16.2. The molecule has 9 nitrogen and oxygen atoms in total. The molecule has 9 heteroatoms. The van der Waals surface area contributed by atoms with Crippen LogP contribution in [0, 0.1) is 5.92 Å². The van der Waals surface area contributed by atoms with Crippen molar-refractivity contribution in [2.24, 2.45) is 5.92 Å². The average molecular weight is 449 g/mol. The molecule has 1 aromatic carbocycles. The normalized spacial score (nSPS) is 15.4. The lowest BCUT2D eigenvalue weighted by atomic mass is 9.99. The highest BCUT2D eigenvalue weighted by Gasteiger charge is 2.32. The molecule has 0 saturated carbocycles. The molecule has 1 aliphatic rings. The smallest absolute Gasteiger partial charge is 0.280 e. The van der Waals surface area contributed by atoms with Gasteiger partial charge in [0.2, 0.25) is 5.91 Å². The second-order valence-electron chi connectivity index (χ2n) is 8.59. The molecule has 0 radical (unpaired) electrons. The van der Waals surface area contributed by atoms with Gasteiger partial charge in [0, 0.05) is 25.3 Å². The SMILES string of the molecule is CC(C)[C@H](NC(=O)c1nc2ccccc2[nH]c1=O)C(=O)N1CCC(Nc2ccccn2)CC1. The highest BCUT2D eigenvalue weighted by molar-refractivity contribution is 5.97. The number of nitrogens with zero attached hydrogens (tertiary/aromatic N) is 3. The van der Waals surface area contributed by atoms with Gasteiger partial charge >= 0.3 is 0 Å². The first-order chi connectivity index (χ1) is 15.9. The molecule has 0 aliphatic carbocycles. The summed E-state index contributed by atoms with van der Waals surface area (Å²) in [7, 11) is 0. The van der Waals surface area contributed by atoms with E-state index in [1.165, 1.54) is 0 Å². The molecule has 4 rings (SSSR count). The third-order valence-corrected chi connectivity index (χ3v) is 5.86. The van der Waals surface area contributed by atoms with Gasteiger partial charge in [-0.25, -0.2) is 9.97 Å². The summed E-state index contributed by atoms with van der Waals surface area (Å²) in [6.45, 7) is 4.90. The van der Waals surface area contributed by atoms with Gasteiger partial charge in [-0.2, -0.15) is 0 Å². The molecule has 1 saturated heterocycles. The Kier molecular flexibility index (Phi) is 6.67. The van der Waals surface area contributed by atoms with E-state index in [0.717, 1.165) is 18.7 Å². The maximum absolute atomic E-state index is 13.2. The lowest BCUT2D eigenvalue weighted by Crippen LogP contribution is -2.54. The number of piperidine rings is 1. The van der Waals surface area contributed by atoms with Crippen molar-refractivity contribution in [1.82, 2.24) is 25.2 Å². The molecule has 0 bridgehead atoms. The summed E-state index contributed by atoms with van der Waals surface area (Å²) in [5, 5.41) is 6.15. The second kappa shape index (κ2) is 9.81. The van der Waals surface area contributed by atoms with Gasteiger partial charge in [0.25, 0.3) is 11.5 Å². The number of rotatable bonds is 6. The summed E-state index contributed by atoms with van der Waals surface area (Å²) in [6.07, 6.45) is 3.31. The van der Waals surface area contributed by atoms with Crippen LogP contribution in [0.2, 0.25) is 0 Å². The number of nitrogens with one attached hydrogen (secondary N) is 3. The van der Waals surface area contributed by atoms with E-state index in [0.29, 0.717) is 24.1 Å². The number of benzene rings is 1. The standard InChI is InChI=1S/C24H28N6O3/c1-15(2)20(29-23(32)21-22(31)28-18-8-4-3-7-17(18)27-21)24(33)30-13-10-16(11-14-30)26-19-9-5-6-12-25-19/h3-9,12,15-16,20H,10-11,13-14H2,1-2H3,(H,25,26)(H,28,31)(H,29,32)/t20-/m0/s1. The lowest BCUT2D eigenvalue weighted by molar-refractivity contribution is -0.135. The van der Waals surface area contributed by atoms with Crippen molar-refractivity contribution in [2.75, 3.05) is 18.4 Å². The number of carbonyl (C=O) groups is 2. The Balaban J connectivity index is 1.41. The fraction of sp³-hybridized carbons (Fsp3) is 0.375. The van der Waals surface area contributed by atoms with Gasteiger partial charge in [-0.05, 0) is 43.0 Å². The first-order valence-electron chi connectivity index (χ1n) is 11.2. The van der Waals surface area contributed by atoms with E-state index in [9.17, 15) is 14.4 Å². The van der Waals surface area contributed by atoms with Crippen LogP contribution in [-0.4, -0.2) is 56.8 Å². The molecule has 33 heavy (non-hydrogen) atoms. The minimum Gasteiger partial charge on any atom is -0.367 e. The first-order valence-corrected chi connectivity index (χ1v) is 11.2. The number of carbonyl (C=O) groups excluding carboxylic acids is 2. The number of hydrogen-bond donors (Lipinski definition) is 3. The number of pyridine rings is 1. The zero-order chi connectivity index (χ0) is 23.4. The summed E-state index contributed by atoms with van der Waals surface area (Å²) in [6, 6.07) is 12.2. The zero-order valence-electron chi connectivity index (χ0n) is 18.7. The first kappa shape index (κ1) is 22.4. The minimum absolute atomic E-state index is 0.146. The van der Waals surface area contributed by atoms with Gasteiger partial charge in [-0.15, -0.1) is 0 Å². The number of aromatic amines is 1. The molecule has 3 heterocycles. The van der Waals surface area contributed by atoms with Crippen molar-refractivity contribution in [3.63, 3.8) is 0 Å². The second-order valence-corrected chi connectivity index (χ2v) is 8.59. The predicted octanol–water partition coefficient (Wildman–Crippen LogP) is 2.18. The summed E-state index contributed by atoms with van der Waals surface area (Å²) in [5.41, 5.74) is 0.239. The topological polar surface area (TPSA) is 120 Å². The van der Waals surface area contributed by atoms with Gasteiger partial charge in [-0.1, -0.05) is 32.0 Å². The quantitative estimate of drug-likeness (QED) is 0.532. The monoisotopic (exact) mass is 448 g/mol. The summed E-state index contributed by atoms with van der Waals surface area (Å²) >= 11 is 0. The van der Waals surface area contributed by atoms with Crippen molar-refractivity contribution in [1.29, 1.82) is 0 Å². The molecular formula is C24H28N6O3. The van der Waals surface area contributed by atoms with E-state index in [4.69, 9.17) is 0 Å². The van der Waals surface area contributed by atoms with E-state index in [1.54, 1.807) is 35.4 Å². The van der Waals surface area contributed by atoms with E-state index in [1.807, 2.05) is 32.0 Å². The van der Waals surface area contributed by atoms with Crippen LogP contribution >= 0.6 is 0 Å². The molecule has 1 aliphatic heterocycles. The molecule has 2 aromatic heterocycles. The average Bonchev–Trinajstić information content (AvgIpc) is 2.82. The molecule has 172 valence electrons. The van der Waals surface area contributed by atoms with Gasteiger partial charge in [0.1, 0.15) is 11.9 Å². The van der Waals surface area contributed by atoms with Crippen LogP contribution in [0.1, 0.15) is 37.2 Å². The number of hydrogen-bond acceptors (Lipinski definition) is 6. The number of H-pyrrole nitrogens is 1. The van der Waals surface area contributed by atoms with Gasteiger partial charge in [0.15, 0.2) is 5.69 Å². The Morgan fingerprint density at radius 2 is 1.82 bits per heavy atom. The largest absolute Gasteiger partial charge is 0.367 e. The van der Waals surface area contributed by atoms with Crippen LogP contribution in [0.25, 0.3) is 11.0 Å². The number of aromatic nitrogens is 3. The molecule has 1 atom stereocenters. The van der Waals surface area contributed by atoms with Crippen molar-refractivity contribution >= 4 is 28.7 Å². The predicted molar refractivity (Wildman–Crippen MR) is 126 cm³/mol. The van der Waals surface area contributed by atoms with Gasteiger partial charge in [0.05, 0.1) is 11.0 Å². The Bertz CT molecular complexity index is 1190. The molecule has 0 unspecified atom stereocenters. The number of fused-ring (bicyclic) bond motifs is 1. The molecule has 3 N–H and O–H groups in total. The van der Waals surface area contributed by atoms with Crippen LogP contribution in [0.5, 0.6) is 0 Å². The fourth-order valence-corrected chi connectivity index (χ4v) is 4.00. The van der Waals surface area contributed by atoms with Gasteiger partial charge < -0.3 is 20.5 Å². The van der Waals surface area contributed by atoms with Gasteiger partial charge in [-0.3, -0.25) is 14.4 Å². The maximum atomic E-state index is 13.2.